The Morgan fingerprint density at radius 3 is 2.76 bits per heavy atom. The highest BCUT2D eigenvalue weighted by Gasteiger charge is 2.12. The first-order chi connectivity index (χ1) is 10.3. The Morgan fingerprint density at radius 1 is 1.19 bits per heavy atom. The van der Waals surface area contributed by atoms with Gasteiger partial charge in [0.15, 0.2) is 10.8 Å². The molecule has 3 aromatic rings. The maximum Gasteiger partial charge on any atom is 0.225 e. The van der Waals surface area contributed by atoms with Crippen LogP contribution in [0.25, 0.3) is 11.2 Å². The molecule has 0 fully saturated rings. The zero-order chi connectivity index (χ0) is 14.7. The van der Waals surface area contributed by atoms with Crippen LogP contribution in [0, 0.1) is 6.92 Å². The summed E-state index contributed by atoms with van der Waals surface area (Å²) in [6, 6.07) is 0. The van der Waals surface area contributed by atoms with E-state index in [-0.39, 0.29) is 0 Å². The van der Waals surface area contributed by atoms with Crippen molar-refractivity contribution in [1.29, 1.82) is 0 Å². The van der Waals surface area contributed by atoms with Gasteiger partial charge in [-0.25, -0.2) is 19.9 Å². The molecule has 0 radical (unpaired) electrons. The third-order valence-corrected chi connectivity index (χ3v) is 3.61. The lowest BCUT2D eigenvalue weighted by atomic mass is 10.4. The zero-order valence-electron chi connectivity index (χ0n) is 11.8. The number of hydrogen-bond acceptors (Lipinski definition) is 7. The third-order valence-electron chi connectivity index (χ3n) is 2.73. The number of H-pyrrole nitrogens is 1. The number of fused-ring (bicyclic) bond motifs is 1. The van der Waals surface area contributed by atoms with E-state index in [4.69, 9.17) is 0 Å². The Bertz CT molecular complexity index is 738. The lowest BCUT2D eigenvalue weighted by molar-refractivity contribution is 0.932. The van der Waals surface area contributed by atoms with E-state index in [9.17, 15) is 0 Å². The van der Waals surface area contributed by atoms with E-state index in [1.54, 1.807) is 18.7 Å². The number of hydrogen-bond donors (Lipinski definition) is 2. The lowest BCUT2D eigenvalue weighted by Crippen LogP contribution is -2.05. The Hall–Kier alpha value is -2.22. The molecule has 8 heteroatoms. The molecule has 3 rings (SSSR count). The molecule has 2 N–H and O–H groups in total. The fourth-order valence-corrected chi connectivity index (χ4v) is 2.48. The van der Waals surface area contributed by atoms with Gasteiger partial charge in [0, 0.05) is 18.9 Å². The van der Waals surface area contributed by atoms with Crippen molar-refractivity contribution in [3.8, 4) is 0 Å². The van der Waals surface area contributed by atoms with Crippen molar-refractivity contribution in [2.75, 3.05) is 11.9 Å². The molecule has 0 aliphatic rings. The smallest absolute Gasteiger partial charge is 0.225 e. The van der Waals surface area contributed by atoms with Crippen LogP contribution in [0.3, 0.4) is 0 Å². The van der Waals surface area contributed by atoms with Gasteiger partial charge in [-0.1, -0.05) is 6.92 Å². The lowest BCUT2D eigenvalue weighted by Gasteiger charge is -2.06. The molecule has 0 aliphatic heterocycles. The summed E-state index contributed by atoms with van der Waals surface area (Å²) in [6.45, 7) is 4.87. The predicted octanol–water partition coefficient (Wildman–Crippen LogP) is 2.42. The van der Waals surface area contributed by atoms with Crippen molar-refractivity contribution in [3.63, 3.8) is 0 Å². The average molecular weight is 301 g/mol. The number of rotatable bonds is 5. The average Bonchev–Trinajstić information content (AvgIpc) is 2.96. The van der Waals surface area contributed by atoms with Gasteiger partial charge in [0.05, 0.1) is 6.33 Å². The van der Waals surface area contributed by atoms with Crippen LogP contribution in [0.4, 0.5) is 5.95 Å². The number of nitrogens with zero attached hydrogens (tertiary/aromatic N) is 5. The van der Waals surface area contributed by atoms with Crippen LogP contribution in [0.15, 0.2) is 28.9 Å². The van der Waals surface area contributed by atoms with Crippen LogP contribution in [-0.4, -0.2) is 36.4 Å². The van der Waals surface area contributed by atoms with Crippen LogP contribution in [0.1, 0.15) is 18.9 Å². The summed E-state index contributed by atoms with van der Waals surface area (Å²) in [5, 5.41) is 4.59. The number of aromatic amines is 1. The SMILES string of the molecule is CCCNc1nc(Sc2ncc(C)cn2)c2[nH]cnc2n1. The maximum absolute atomic E-state index is 4.52. The molecule has 0 saturated carbocycles. The molecule has 3 aromatic heterocycles. The van der Waals surface area contributed by atoms with Crippen molar-refractivity contribution in [1.82, 2.24) is 29.9 Å². The van der Waals surface area contributed by atoms with Crippen molar-refractivity contribution in [2.24, 2.45) is 0 Å². The molecule has 0 amide bonds. The summed E-state index contributed by atoms with van der Waals surface area (Å²) in [5.41, 5.74) is 2.46. The highest BCUT2D eigenvalue weighted by molar-refractivity contribution is 7.99. The summed E-state index contributed by atoms with van der Waals surface area (Å²) in [7, 11) is 0. The van der Waals surface area contributed by atoms with Crippen LogP contribution in [0.5, 0.6) is 0 Å². The van der Waals surface area contributed by atoms with Gasteiger partial charge < -0.3 is 10.3 Å². The van der Waals surface area contributed by atoms with E-state index in [0.717, 1.165) is 29.1 Å². The normalized spacial score (nSPS) is 11.0. The van der Waals surface area contributed by atoms with Crippen LogP contribution in [0.2, 0.25) is 0 Å². The van der Waals surface area contributed by atoms with Gasteiger partial charge in [-0.3, -0.25) is 0 Å². The number of anilines is 1. The summed E-state index contributed by atoms with van der Waals surface area (Å²) >= 11 is 1.39. The first kappa shape index (κ1) is 13.7. The number of imidazole rings is 1. The minimum atomic E-state index is 0.575. The summed E-state index contributed by atoms with van der Waals surface area (Å²) in [6.07, 6.45) is 6.20. The first-order valence-electron chi connectivity index (χ1n) is 6.67. The molecule has 21 heavy (non-hydrogen) atoms. The van der Waals surface area contributed by atoms with Gasteiger partial charge in [-0.05, 0) is 30.7 Å². The maximum atomic E-state index is 4.52. The zero-order valence-corrected chi connectivity index (χ0v) is 12.6. The summed E-state index contributed by atoms with van der Waals surface area (Å²) in [5.74, 6) is 0.575. The Morgan fingerprint density at radius 2 is 2.00 bits per heavy atom. The van der Waals surface area contributed by atoms with Crippen molar-refractivity contribution in [2.45, 2.75) is 30.5 Å². The summed E-state index contributed by atoms with van der Waals surface area (Å²) < 4.78 is 0. The molecular formula is C13H15N7S. The predicted molar refractivity (Wildman–Crippen MR) is 81.4 cm³/mol. The van der Waals surface area contributed by atoms with Crippen LogP contribution >= 0.6 is 11.8 Å². The molecular weight excluding hydrogens is 286 g/mol. The molecule has 0 atom stereocenters. The Balaban J connectivity index is 1.95. The van der Waals surface area contributed by atoms with E-state index in [2.05, 4.69) is 42.1 Å². The summed E-state index contributed by atoms with van der Waals surface area (Å²) in [4.78, 5) is 24.7. The van der Waals surface area contributed by atoms with Gasteiger partial charge in [-0.2, -0.15) is 4.98 Å². The molecule has 0 aromatic carbocycles. The van der Waals surface area contributed by atoms with Crippen LogP contribution < -0.4 is 5.32 Å². The molecule has 0 saturated heterocycles. The Kier molecular flexibility index (Phi) is 3.96. The van der Waals surface area contributed by atoms with E-state index >= 15 is 0 Å². The quantitative estimate of drug-likeness (QED) is 0.552. The van der Waals surface area contributed by atoms with Gasteiger partial charge in [0.25, 0.3) is 0 Å². The fourth-order valence-electron chi connectivity index (χ4n) is 1.72. The molecule has 7 nitrogen and oxygen atoms in total. The standard InChI is InChI=1S/C13H15N7S/c1-3-4-14-12-19-10-9(17-7-18-10)11(20-12)21-13-15-5-8(2)6-16-13/h5-7H,3-4H2,1-2H3,(H2,14,17,18,19,20). The number of nitrogens with one attached hydrogen (secondary N) is 2. The van der Waals surface area contributed by atoms with E-state index in [0.29, 0.717) is 16.8 Å². The second-order valence-electron chi connectivity index (χ2n) is 4.53. The highest BCUT2D eigenvalue weighted by Crippen LogP contribution is 2.28. The minimum Gasteiger partial charge on any atom is -0.354 e. The monoisotopic (exact) mass is 301 g/mol. The first-order valence-corrected chi connectivity index (χ1v) is 7.49. The van der Waals surface area contributed by atoms with Gasteiger partial charge in [0.2, 0.25) is 5.95 Å². The van der Waals surface area contributed by atoms with Crippen molar-refractivity contribution < 1.29 is 0 Å². The van der Waals surface area contributed by atoms with E-state index in [1.165, 1.54) is 11.8 Å². The molecule has 0 unspecified atom stereocenters. The number of aryl methyl sites for hydroxylation is 1. The topological polar surface area (TPSA) is 92.3 Å². The second-order valence-corrected chi connectivity index (χ2v) is 5.48. The van der Waals surface area contributed by atoms with E-state index in [1.807, 2.05) is 6.92 Å². The van der Waals surface area contributed by atoms with Crippen molar-refractivity contribution in [3.05, 3.63) is 24.3 Å². The Labute approximate surface area is 126 Å². The third kappa shape index (κ3) is 3.10. The molecule has 3 heterocycles. The molecule has 0 spiro atoms. The fraction of sp³-hybridized carbons (Fsp3) is 0.308. The molecule has 108 valence electrons. The van der Waals surface area contributed by atoms with Gasteiger partial charge in [0.1, 0.15) is 10.5 Å². The largest absolute Gasteiger partial charge is 0.354 e. The molecule has 0 bridgehead atoms. The highest BCUT2D eigenvalue weighted by atomic mass is 32.2. The second kappa shape index (κ2) is 6.04. The van der Waals surface area contributed by atoms with Crippen molar-refractivity contribution >= 4 is 28.9 Å². The van der Waals surface area contributed by atoms with Gasteiger partial charge >= 0.3 is 0 Å². The van der Waals surface area contributed by atoms with Gasteiger partial charge in [-0.15, -0.1) is 0 Å². The minimum absolute atomic E-state index is 0.575. The number of aromatic nitrogens is 6. The molecule has 0 aliphatic carbocycles. The van der Waals surface area contributed by atoms with E-state index < -0.39 is 0 Å². The van der Waals surface area contributed by atoms with Crippen LogP contribution in [-0.2, 0) is 0 Å².